The zero-order valence-corrected chi connectivity index (χ0v) is 10.8. The van der Waals surface area contributed by atoms with Crippen LogP contribution in [0, 0.1) is 0 Å². The second-order valence-electron chi connectivity index (χ2n) is 4.03. The normalized spacial score (nSPS) is 23.0. The zero-order chi connectivity index (χ0) is 9.54. The van der Waals surface area contributed by atoms with Gasteiger partial charge < -0.3 is 10.2 Å². The van der Waals surface area contributed by atoms with E-state index in [1.807, 2.05) is 0 Å². The van der Waals surface area contributed by atoms with Gasteiger partial charge >= 0.3 is 0 Å². The average Bonchev–Trinajstić information content (AvgIpc) is 2.56. The fourth-order valence-corrected chi connectivity index (χ4v) is 2.84. The lowest BCUT2D eigenvalue weighted by molar-refractivity contribution is 0.495. The Labute approximate surface area is 105 Å². The van der Waals surface area contributed by atoms with Crippen LogP contribution in [-0.2, 0) is 6.42 Å². The van der Waals surface area contributed by atoms with Crippen LogP contribution in [0.15, 0.2) is 22.7 Å². The minimum Gasteiger partial charge on any atom is -0.365 e. The maximum Gasteiger partial charge on any atom is 0.0456 e. The first-order valence-corrected chi connectivity index (χ1v) is 5.90. The molecule has 82 valence electrons. The summed E-state index contributed by atoms with van der Waals surface area (Å²) < 4.78 is 1.19. The van der Waals surface area contributed by atoms with Crippen LogP contribution in [0.2, 0.25) is 0 Å². The van der Waals surface area contributed by atoms with Crippen LogP contribution >= 0.6 is 28.3 Å². The Morgan fingerprint density at radius 3 is 3.13 bits per heavy atom. The molecule has 0 aromatic heterocycles. The third kappa shape index (κ3) is 1.88. The molecule has 1 saturated heterocycles. The van der Waals surface area contributed by atoms with Crippen LogP contribution in [0.5, 0.6) is 0 Å². The van der Waals surface area contributed by atoms with Crippen molar-refractivity contribution < 1.29 is 0 Å². The number of rotatable bonds is 0. The van der Waals surface area contributed by atoms with Gasteiger partial charge in [0.05, 0.1) is 0 Å². The highest BCUT2D eigenvalue weighted by atomic mass is 79.9. The van der Waals surface area contributed by atoms with Gasteiger partial charge in [0, 0.05) is 35.8 Å². The largest absolute Gasteiger partial charge is 0.365 e. The fraction of sp³-hybridized carbons (Fsp3) is 0.455. The first-order valence-electron chi connectivity index (χ1n) is 5.10. The summed E-state index contributed by atoms with van der Waals surface area (Å²) in [5, 5.41) is 3.45. The molecule has 0 radical (unpaired) electrons. The average molecular weight is 290 g/mol. The molecule has 3 rings (SSSR count). The van der Waals surface area contributed by atoms with Gasteiger partial charge in [-0.1, -0.05) is 22.0 Å². The van der Waals surface area contributed by atoms with Gasteiger partial charge in [0.2, 0.25) is 0 Å². The van der Waals surface area contributed by atoms with Crippen molar-refractivity contribution in [3.63, 3.8) is 0 Å². The third-order valence-electron chi connectivity index (χ3n) is 3.16. The molecule has 0 unspecified atom stereocenters. The standard InChI is InChI=1S/C11H13BrN2.ClH/c12-9-2-1-8-5-10-7-13-3-4-14(10)11(8)6-9;/h1-2,6,10,13H,3-5,7H2;1H/t10-;/m0./s1. The van der Waals surface area contributed by atoms with Crippen LogP contribution in [-0.4, -0.2) is 25.7 Å². The molecule has 1 fully saturated rings. The summed E-state index contributed by atoms with van der Waals surface area (Å²) in [5.74, 6) is 0. The van der Waals surface area contributed by atoms with E-state index in [2.05, 4.69) is 44.3 Å². The summed E-state index contributed by atoms with van der Waals surface area (Å²) in [7, 11) is 0. The molecule has 0 bridgehead atoms. The van der Waals surface area contributed by atoms with Crippen molar-refractivity contribution in [3.8, 4) is 0 Å². The van der Waals surface area contributed by atoms with Crippen molar-refractivity contribution >= 4 is 34.0 Å². The highest BCUT2D eigenvalue weighted by molar-refractivity contribution is 9.10. The molecule has 0 spiro atoms. The van der Waals surface area contributed by atoms with Gasteiger partial charge in [-0.15, -0.1) is 12.4 Å². The quantitative estimate of drug-likeness (QED) is 0.788. The van der Waals surface area contributed by atoms with Crippen molar-refractivity contribution in [1.82, 2.24) is 5.32 Å². The van der Waals surface area contributed by atoms with E-state index in [0.29, 0.717) is 6.04 Å². The van der Waals surface area contributed by atoms with Crippen LogP contribution in [0.4, 0.5) is 5.69 Å². The lowest BCUT2D eigenvalue weighted by Crippen LogP contribution is -2.49. The number of anilines is 1. The van der Waals surface area contributed by atoms with Gasteiger partial charge in [0.1, 0.15) is 0 Å². The maximum absolute atomic E-state index is 3.54. The predicted molar refractivity (Wildman–Crippen MR) is 69.1 cm³/mol. The van der Waals surface area contributed by atoms with Gasteiger partial charge in [0.15, 0.2) is 0 Å². The summed E-state index contributed by atoms with van der Waals surface area (Å²) in [6.45, 7) is 3.39. The second kappa shape index (κ2) is 4.32. The SMILES string of the molecule is Brc1ccc2c(c1)N1CCNC[C@@H]1C2.Cl. The molecule has 2 heterocycles. The molecular weight excluding hydrogens is 275 g/mol. The van der Waals surface area contributed by atoms with Crippen molar-refractivity contribution in [2.75, 3.05) is 24.5 Å². The van der Waals surface area contributed by atoms with Gasteiger partial charge in [-0.05, 0) is 24.1 Å². The van der Waals surface area contributed by atoms with Gasteiger partial charge in [-0.25, -0.2) is 0 Å². The van der Waals surface area contributed by atoms with E-state index in [1.54, 1.807) is 0 Å². The molecule has 0 saturated carbocycles. The van der Waals surface area contributed by atoms with Gasteiger partial charge in [0.25, 0.3) is 0 Å². The molecule has 2 aliphatic rings. The highest BCUT2D eigenvalue weighted by Crippen LogP contribution is 2.34. The summed E-state index contributed by atoms with van der Waals surface area (Å²) in [6.07, 6.45) is 1.20. The van der Waals surface area contributed by atoms with E-state index in [4.69, 9.17) is 0 Å². The second-order valence-corrected chi connectivity index (χ2v) is 4.94. The monoisotopic (exact) mass is 288 g/mol. The van der Waals surface area contributed by atoms with Crippen molar-refractivity contribution in [3.05, 3.63) is 28.2 Å². The van der Waals surface area contributed by atoms with Crippen LogP contribution in [0.3, 0.4) is 0 Å². The third-order valence-corrected chi connectivity index (χ3v) is 3.66. The molecule has 1 N–H and O–H groups in total. The predicted octanol–water partition coefficient (Wildman–Crippen LogP) is 2.21. The van der Waals surface area contributed by atoms with Gasteiger partial charge in [-0.2, -0.15) is 0 Å². The molecule has 0 aliphatic carbocycles. The van der Waals surface area contributed by atoms with E-state index >= 15 is 0 Å². The number of benzene rings is 1. The lowest BCUT2D eigenvalue weighted by Gasteiger charge is -2.32. The lowest BCUT2D eigenvalue weighted by atomic mass is 10.1. The van der Waals surface area contributed by atoms with E-state index in [1.165, 1.54) is 22.1 Å². The first kappa shape index (κ1) is 11.2. The van der Waals surface area contributed by atoms with Crippen LogP contribution in [0.25, 0.3) is 0 Å². The molecule has 1 atom stereocenters. The molecular formula is C11H14BrClN2. The summed E-state index contributed by atoms with van der Waals surface area (Å²) >= 11 is 3.54. The maximum atomic E-state index is 3.54. The number of hydrogen-bond acceptors (Lipinski definition) is 2. The van der Waals surface area contributed by atoms with E-state index in [-0.39, 0.29) is 12.4 Å². The minimum atomic E-state index is 0. The van der Waals surface area contributed by atoms with Crippen molar-refractivity contribution in [2.24, 2.45) is 0 Å². The van der Waals surface area contributed by atoms with Gasteiger partial charge in [-0.3, -0.25) is 0 Å². The fourth-order valence-electron chi connectivity index (χ4n) is 2.49. The topological polar surface area (TPSA) is 15.3 Å². The van der Waals surface area contributed by atoms with Crippen molar-refractivity contribution in [2.45, 2.75) is 12.5 Å². The van der Waals surface area contributed by atoms with E-state index in [0.717, 1.165) is 19.6 Å². The molecule has 2 nitrogen and oxygen atoms in total. The highest BCUT2D eigenvalue weighted by Gasteiger charge is 2.30. The van der Waals surface area contributed by atoms with Crippen LogP contribution < -0.4 is 10.2 Å². The Morgan fingerprint density at radius 1 is 1.40 bits per heavy atom. The number of hydrogen-bond donors (Lipinski definition) is 1. The number of nitrogens with one attached hydrogen (secondary N) is 1. The zero-order valence-electron chi connectivity index (χ0n) is 8.37. The Morgan fingerprint density at radius 2 is 2.27 bits per heavy atom. The number of fused-ring (bicyclic) bond motifs is 3. The molecule has 2 aliphatic heterocycles. The number of nitrogens with zero attached hydrogens (tertiary/aromatic N) is 1. The molecule has 0 amide bonds. The molecule has 1 aromatic carbocycles. The Balaban J connectivity index is 0.000000853. The summed E-state index contributed by atoms with van der Waals surface area (Å²) in [6, 6.07) is 7.33. The van der Waals surface area contributed by atoms with Crippen molar-refractivity contribution in [1.29, 1.82) is 0 Å². The minimum absolute atomic E-state index is 0. The molecule has 1 aromatic rings. The number of piperazine rings is 1. The van der Waals surface area contributed by atoms with Crippen LogP contribution in [0.1, 0.15) is 5.56 Å². The van der Waals surface area contributed by atoms with E-state index in [9.17, 15) is 0 Å². The Kier molecular flexibility index (Phi) is 3.24. The Hall–Kier alpha value is -0.250. The molecule has 4 heteroatoms. The summed E-state index contributed by atoms with van der Waals surface area (Å²) in [5.41, 5.74) is 2.94. The molecule has 15 heavy (non-hydrogen) atoms. The number of halogens is 2. The Bertz CT molecular complexity index is 370. The first-order chi connectivity index (χ1) is 6.84. The smallest absolute Gasteiger partial charge is 0.0456 e. The van der Waals surface area contributed by atoms with E-state index < -0.39 is 0 Å². The summed E-state index contributed by atoms with van der Waals surface area (Å²) in [4.78, 5) is 2.54.